The molecule has 8 heteroatoms. The zero-order valence-corrected chi connectivity index (χ0v) is 11.9. The molecule has 0 saturated heterocycles. The van der Waals surface area contributed by atoms with Crippen LogP contribution in [0.1, 0.15) is 6.42 Å². The van der Waals surface area contributed by atoms with Gasteiger partial charge in [-0.25, -0.2) is 8.78 Å². The summed E-state index contributed by atoms with van der Waals surface area (Å²) in [5, 5.41) is 2.26. The molecule has 3 N–H and O–H groups in total. The minimum Gasteiger partial charge on any atom is -0.494 e. The first-order valence-electron chi connectivity index (χ1n) is 5.57. The summed E-state index contributed by atoms with van der Waals surface area (Å²) in [7, 11) is 2.64. The smallest absolute Gasteiger partial charge is 0.227 e. The first kappa shape index (κ1) is 18.6. The van der Waals surface area contributed by atoms with E-state index in [1.807, 2.05) is 0 Å². The molecule has 1 aromatic carbocycles. The molecule has 20 heavy (non-hydrogen) atoms. The van der Waals surface area contributed by atoms with Crippen molar-refractivity contribution < 1.29 is 23.0 Å². The van der Waals surface area contributed by atoms with Gasteiger partial charge >= 0.3 is 0 Å². The van der Waals surface area contributed by atoms with Crippen LogP contribution >= 0.6 is 12.4 Å². The molecule has 0 heterocycles. The van der Waals surface area contributed by atoms with Gasteiger partial charge in [0.15, 0.2) is 17.4 Å². The summed E-state index contributed by atoms with van der Waals surface area (Å²) in [5.41, 5.74) is 5.11. The molecule has 0 aliphatic heterocycles. The van der Waals surface area contributed by atoms with E-state index in [1.54, 1.807) is 0 Å². The number of carbonyl (C=O) groups is 1. The van der Waals surface area contributed by atoms with E-state index in [2.05, 4.69) is 10.1 Å². The Morgan fingerprint density at radius 3 is 2.50 bits per heavy atom. The number of carbonyl (C=O) groups excluding carboxylic acids is 1. The van der Waals surface area contributed by atoms with Gasteiger partial charge in [-0.3, -0.25) is 4.79 Å². The molecule has 0 fully saturated rings. The highest BCUT2D eigenvalue weighted by molar-refractivity contribution is 5.91. The van der Waals surface area contributed by atoms with Gasteiger partial charge in [0.2, 0.25) is 5.91 Å². The molecule has 0 spiro atoms. The molecule has 0 saturated carbocycles. The van der Waals surface area contributed by atoms with Crippen LogP contribution in [-0.4, -0.2) is 32.8 Å². The zero-order valence-electron chi connectivity index (χ0n) is 11.1. The van der Waals surface area contributed by atoms with Crippen LogP contribution < -0.4 is 15.8 Å². The second kappa shape index (κ2) is 8.68. The van der Waals surface area contributed by atoms with Crippen LogP contribution in [-0.2, 0) is 9.53 Å². The number of hydrogen-bond acceptors (Lipinski definition) is 4. The Morgan fingerprint density at radius 2 is 2.00 bits per heavy atom. The summed E-state index contributed by atoms with van der Waals surface area (Å²) in [6.07, 6.45) is -0.508. The van der Waals surface area contributed by atoms with Crippen LogP contribution in [0.2, 0.25) is 0 Å². The van der Waals surface area contributed by atoms with Crippen LogP contribution in [0, 0.1) is 11.6 Å². The number of hydrogen-bond donors (Lipinski definition) is 2. The van der Waals surface area contributed by atoms with Crippen molar-refractivity contribution in [1.29, 1.82) is 0 Å². The van der Waals surface area contributed by atoms with Crippen molar-refractivity contribution in [1.82, 2.24) is 0 Å². The standard InChI is InChI=1S/C12H16F2N2O3.ClH/c1-18-7(6-15)3-12(17)16-10-4-9(14)11(19-2)5-8(10)13;/h4-5,7H,3,6,15H2,1-2H3,(H,16,17);1H. The van der Waals surface area contributed by atoms with E-state index in [9.17, 15) is 13.6 Å². The third kappa shape index (κ3) is 4.92. The molecule has 114 valence electrons. The van der Waals surface area contributed by atoms with Crippen molar-refractivity contribution in [2.45, 2.75) is 12.5 Å². The Kier molecular flexibility index (Phi) is 8.05. The second-order valence-corrected chi connectivity index (χ2v) is 3.81. The van der Waals surface area contributed by atoms with Crippen molar-refractivity contribution in [3.63, 3.8) is 0 Å². The summed E-state index contributed by atoms with van der Waals surface area (Å²) in [6, 6.07) is 1.72. The third-order valence-electron chi connectivity index (χ3n) is 2.52. The van der Waals surface area contributed by atoms with Gasteiger partial charge in [0.25, 0.3) is 0 Å². The molecule has 0 bridgehead atoms. The SMILES string of the molecule is COc1cc(F)c(NC(=O)CC(CN)OC)cc1F.Cl. The number of methoxy groups -OCH3 is 2. The maximum absolute atomic E-state index is 13.6. The van der Waals surface area contributed by atoms with Gasteiger partial charge in [0.05, 0.1) is 25.3 Å². The topological polar surface area (TPSA) is 73.6 Å². The molecular weight excluding hydrogens is 294 g/mol. The van der Waals surface area contributed by atoms with Gasteiger partial charge in [-0.05, 0) is 0 Å². The maximum atomic E-state index is 13.6. The van der Waals surface area contributed by atoms with E-state index in [0.29, 0.717) is 0 Å². The van der Waals surface area contributed by atoms with Gasteiger partial charge in [0, 0.05) is 25.8 Å². The predicted octanol–water partition coefficient (Wildman–Crippen LogP) is 1.70. The lowest BCUT2D eigenvalue weighted by Crippen LogP contribution is -2.28. The van der Waals surface area contributed by atoms with Crippen molar-refractivity contribution >= 4 is 24.0 Å². The molecular formula is C12H17ClF2N2O3. The van der Waals surface area contributed by atoms with Crippen molar-refractivity contribution in [3.8, 4) is 5.75 Å². The average Bonchev–Trinajstić information content (AvgIpc) is 2.39. The lowest BCUT2D eigenvalue weighted by atomic mass is 10.2. The summed E-state index contributed by atoms with van der Waals surface area (Å²) in [4.78, 5) is 11.6. The number of anilines is 1. The number of benzene rings is 1. The number of ether oxygens (including phenoxy) is 2. The van der Waals surface area contributed by atoms with E-state index < -0.39 is 23.6 Å². The van der Waals surface area contributed by atoms with Gasteiger partial charge in [-0.15, -0.1) is 12.4 Å². The van der Waals surface area contributed by atoms with Crippen molar-refractivity contribution in [3.05, 3.63) is 23.8 Å². The zero-order chi connectivity index (χ0) is 14.4. The minimum absolute atomic E-state index is 0. The number of rotatable bonds is 6. The highest BCUT2D eigenvalue weighted by atomic mass is 35.5. The molecule has 5 nitrogen and oxygen atoms in total. The van der Waals surface area contributed by atoms with E-state index in [0.717, 1.165) is 12.1 Å². The Hall–Kier alpha value is -1.44. The molecule has 1 rings (SSSR count). The fourth-order valence-electron chi connectivity index (χ4n) is 1.45. The number of nitrogens with two attached hydrogens (primary N) is 1. The molecule has 0 aromatic heterocycles. The Labute approximate surface area is 121 Å². The van der Waals surface area contributed by atoms with Crippen LogP contribution in [0.4, 0.5) is 14.5 Å². The van der Waals surface area contributed by atoms with E-state index in [4.69, 9.17) is 10.5 Å². The maximum Gasteiger partial charge on any atom is 0.227 e. The first-order valence-corrected chi connectivity index (χ1v) is 5.57. The van der Waals surface area contributed by atoms with Crippen LogP contribution in [0.25, 0.3) is 0 Å². The lowest BCUT2D eigenvalue weighted by molar-refractivity contribution is -0.118. The summed E-state index contributed by atoms with van der Waals surface area (Å²) in [6.45, 7) is 0.156. The molecule has 1 atom stereocenters. The number of nitrogens with one attached hydrogen (secondary N) is 1. The highest BCUT2D eigenvalue weighted by Gasteiger charge is 2.15. The first-order chi connectivity index (χ1) is 9.01. The predicted molar refractivity (Wildman–Crippen MR) is 73.3 cm³/mol. The highest BCUT2D eigenvalue weighted by Crippen LogP contribution is 2.24. The quantitative estimate of drug-likeness (QED) is 0.838. The average molecular weight is 311 g/mol. The van der Waals surface area contributed by atoms with Gasteiger partial charge in [0.1, 0.15) is 0 Å². The van der Waals surface area contributed by atoms with Crippen LogP contribution in [0.5, 0.6) is 5.75 Å². The normalized spacial score (nSPS) is 11.4. The lowest BCUT2D eigenvalue weighted by Gasteiger charge is -2.13. The Bertz CT molecular complexity index is 457. The monoisotopic (exact) mass is 310 g/mol. The second-order valence-electron chi connectivity index (χ2n) is 3.81. The van der Waals surface area contributed by atoms with Crippen molar-refractivity contribution in [2.24, 2.45) is 5.73 Å². The molecule has 1 amide bonds. The molecule has 0 aliphatic rings. The van der Waals surface area contributed by atoms with E-state index in [-0.39, 0.29) is 36.8 Å². The fraction of sp³-hybridized carbons (Fsp3) is 0.417. The van der Waals surface area contributed by atoms with Crippen molar-refractivity contribution in [2.75, 3.05) is 26.1 Å². The largest absolute Gasteiger partial charge is 0.494 e. The Morgan fingerprint density at radius 1 is 1.35 bits per heavy atom. The molecule has 1 aromatic rings. The fourth-order valence-corrected chi connectivity index (χ4v) is 1.45. The van der Waals surface area contributed by atoms with Gasteiger partial charge in [-0.1, -0.05) is 0 Å². The Balaban J connectivity index is 0.00000361. The minimum atomic E-state index is -0.784. The van der Waals surface area contributed by atoms with Crippen LogP contribution in [0.3, 0.4) is 0 Å². The van der Waals surface area contributed by atoms with E-state index >= 15 is 0 Å². The summed E-state index contributed by atoms with van der Waals surface area (Å²) < 4.78 is 36.5. The molecule has 0 radical (unpaired) electrons. The number of halogens is 3. The van der Waals surface area contributed by atoms with Gasteiger partial charge < -0.3 is 20.5 Å². The summed E-state index contributed by atoms with van der Waals surface area (Å²) in [5.74, 6) is -2.29. The van der Waals surface area contributed by atoms with Crippen LogP contribution in [0.15, 0.2) is 12.1 Å². The molecule has 1 unspecified atom stereocenters. The molecule has 0 aliphatic carbocycles. The number of amides is 1. The third-order valence-corrected chi connectivity index (χ3v) is 2.52. The van der Waals surface area contributed by atoms with Gasteiger partial charge in [-0.2, -0.15) is 0 Å². The van der Waals surface area contributed by atoms with E-state index in [1.165, 1.54) is 14.2 Å². The summed E-state index contributed by atoms with van der Waals surface area (Å²) >= 11 is 0.